The zero-order valence-electron chi connectivity index (χ0n) is 20.0. The lowest BCUT2D eigenvalue weighted by Crippen LogP contribution is -2.47. The van der Waals surface area contributed by atoms with E-state index in [1.807, 2.05) is 46.7 Å². The minimum absolute atomic E-state index is 0.0426. The minimum atomic E-state index is -0.480. The van der Waals surface area contributed by atoms with E-state index in [9.17, 15) is 4.79 Å². The fourth-order valence-corrected chi connectivity index (χ4v) is 5.52. The lowest BCUT2D eigenvalue weighted by Gasteiger charge is -2.32. The fourth-order valence-electron chi connectivity index (χ4n) is 4.76. The molecule has 4 aromatic rings. The van der Waals surface area contributed by atoms with Crippen LogP contribution in [0.3, 0.4) is 0 Å². The van der Waals surface area contributed by atoms with Crippen molar-refractivity contribution in [1.82, 2.24) is 14.9 Å². The van der Waals surface area contributed by atoms with Crippen LogP contribution in [-0.4, -0.2) is 54.1 Å². The van der Waals surface area contributed by atoms with Crippen molar-refractivity contribution >= 4 is 28.3 Å². The lowest BCUT2D eigenvalue weighted by molar-refractivity contribution is -0.133. The fraction of sp³-hybridized carbons (Fsp3) is 0.333. The summed E-state index contributed by atoms with van der Waals surface area (Å²) in [6.07, 6.45) is 2.35. The summed E-state index contributed by atoms with van der Waals surface area (Å²) in [5, 5.41) is 2.02. The highest BCUT2D eigenvalue weighted by molar-refractivity contribution is 7.09. The highest BCUT2D eigenvalue weighted by Gasteiger charge is 2.28. The first-order valence-electron chi connectivity index (χ1n) is 11.8. The van der Waals surface area contributed by atoms with Crippen LogP contribution >= 0.6 is 11.3 Å². The van der Waals surface area contributed by atoms with Crippen LogP contribution in [0.15, 0.2) is 53.9 Å². The summed E-state index contributed by atoms with van der Waals surface area (Å²) in [6, 6.07) is 15.7. The average molecular weight is 491 g/mol. The average Bonchev–Trinajstić information content (AvgIpc) is 3.57. The zero-order valence-corrected chi connectivity index (χ0v) is 20.8. The van der Waals surface area contributed by atoms with Crippen LogP contribution in [0.2, 0.25) is 0 Å². The molecule has 1 atom stereocenters. The van der Waals surface area contributed by atoms with Crippen molar-refractivity contribution < 1.29 is 14.3 Å². The Hall–Kier alpha value is -3.36. The van der Waals surface area contributed by atoms with Crippen molar-refractivity contribution in [2.45, 2.75) is 31.2 Å². The number of carbonyl (C=O) groups is 1. The van der Waals surface area contributed by atoms with Crippen molar-refractivity contribution in [2.24, 2.45) is 5.73 Å². The van der Waals surface area contributed by atoms with Crippen LogP contribution in [0.1, 0.15) is 29.5 Å². The van der Waals surface area contributed by atoms with E-state index in [0.29, 0.717) is 36.9 Å². The van der Waals surface area contributed by atoms with Crippen LogP contribution < -0.4 is 15.2 Å². The highest BCUT2D eigenvalue weighted by Crippen LogP contribution is 2.34. The van der Waals surface area contributed by atoms with Gasteiger partial charge in [-0.15, -0.1) is 11.3 Å². The number of nitrogens with two attached hydrogens (primary N) is 1. The number of piperidine rings is 1. The summed E-state index contributed by atoms with van der Waals surface area (Å²) >= 11 is 1.64. The summed E-state index contributed by atoms with van der Waals surface area (Å²) < 4.78 is 10.8. The van der Waals surface area contributed by atoms with Crippen LogP contribution in [0.25, 0.3) is 22.2 Å². The molecular formula is C27H30N4O3S. The maximum absolute atomic E-state index is 12.8. The summed E-state index contributed by atoms with van der Waals surface area (Å²) in [5.41, 5.74) is 10.3. The number of fused-ring (bicyclic) bond motifs is 1. The summed E-state index contributed by atoms with van der Waals surface area (Å²) in [7, 11) is 3.28. The van der Waals surface area contributed by atoms with E-state index >= 15 is 0 Å². The molecule has 1 aliphatic heterocycles. The molecule has 0 bridgehead atoms. The Kier molecular flexibility index (Phi) is 6.74. The number of ether oxygens (including phenoxy) is 2. The maximum Gasteiger partial charge on any atom is 0.239 e. The van der Waals surface area contributed by atoms with Gasteiger partial charge < -0.3 is 25.1 Å². The van der Waals surface area contributed by atoms with E-state index in [1.165, 1.54) is 0 Å². The topological polar surface area (TPSA) is 93.5 Å². The SMILES string of the molecule is COc1ccc(-c2ccc3nc(C4CCN(C(=O)C(N)Cc5cccs5)CC4)[nH]c3c2)cc1OC. The number of methoxy groups -OCH3 is 2. The number of aromatic amines is 1. The summed E-state index contributed by atoms with van der Waals surface area (Å²) in [6.45, 7) is 1.41. The first-order valence-corrected chi connectivity index (χ1v) is 12.7. The summed E-state index contributed by atoms with van der Waals surface area (Å²) in [5.74, 6) is 2.73. The molecule has 2 aromatic carbocycles. The number of imidazole rings is 1. The molecule has 5 rings (SSSR count). The molecule has 0 spiro atoms. The van der Waals surface area contributed by atoms with Gasteiger partial charge in [-0.1, -0.05) is 18.2 Å². The first-order chi connectivity index (χ1) is 17.1. The van der Waals surface area contributed by atoms with E-state index in [1.54, 1.807) is 25.6 Å². The molecule has 1 saturated heterocycles. The smallest absolute Gasteiger partial charge is 0.239 e. The molecular weight excluding hydrogens is 460 g/mol. The van der Waals surface area contributed by atoms with Crippen molar-refractivity contribution in [2.75, 3.05) is 27.3 Å². The second kappa shape index (κ2) is 10.1. The third kappa shape index (κ3) is 4.90. The number of thiophene rings is 1. The first kappa shape index (κ1) is 23.4. The molecule has 182 valence electrons. The molecule has 3 N–H and O–H groups in total. The number of likely N-dealkylation sites (tertiary alicyclic amines) is 1. The third-order valence-corrected chi connectivity index (χ3v) is 7.63. The van der Waals surface area contributed by atoms with Crippen molar-refractivity contribution in [3.05, 3.63) is 64.6 Å². The van der Waals surface area contributed by atoms with Crippen LogP contribution in [0, 0.1) is 0 Å². The molecule has 7 nitrogen and oxygen atoms in total. The maximum atomic E-state index is 12.8. The van der Waals surface area contributed by atoms with Gasteiger partial charge in [0.1, 0.15) is 5.82 Å². The van der Waals surface area contributed by atoms with Gasteiger partial charge in [0.15, 0.2) is 11.5 Å². The Balaban J connectivity index is 1.26. The van der Waals surface area contributed by atoms with E-state index in [0.717, 1.165) is 45.7 Å². The Morgan fingerprint density at radius 1 is 1.11 bits per heavy atom. The monoisotopic (exact) mass is 490 g/mol. The molecule has 1 aliphatic rings. The Labute approximate surface area is 208 Å². The molecule has 1 unspecified atom stereocenters. The van der Waals surface area contributed by atoms with Gasteiger partial charge in [0.05, 0.1) is 31.3 Å². The van der Waals surface area contributed by atoms with E-state index < -0.39 is 6.04 Å². The number of carbonyl (C=O) groups excluding carboxylic acids is 1. The highest BCUT2D eigenvalue weighted by atomic mass is 32.1. The van der Waals surface area contributed by atoms with Gasteiger partial charge in [-0.05, 0) is 59.7 Å². The van der Waals surface area contributed by atoms with Crippen LogP contribution in [0.4, 0.5) is 0 Å². The van der Waals surface area contributed by atoms with Crippen molar-refractivity contribution in [1.29, 1.82) is 0 Å². The number of H-pyrrole nitrogens is 1. The standard InChI is InChI=1S/C27H30N4O3S/c1-33-24-8-6-19(15-25(24)34-2)18-5-7-22-23(14-18)30-26(29-22)17-9-11-31(12-10-17)27(32)21(28)16-20-4-3-13-35-20/h3-8,13-15,17,21H,9-12,16,28H2,1-2H3,(H,29,30). The van der Waals surface area contributed by atoms with E-state index in [-0.39, 0.29) is 5.91 Å². The number of hydrogen-bond donors (Lipinski definition) is 2. The number of nitrogens with one attached hydrogen (secondary N) is 1. The molecule has 35 heavy (non-hydrogen) atoms. The van der Waals surface area contributed by atoms with Gasteiger partial charge in [-0.3, -0.25) is 4.79 Å². The van der Waals surface area contributed by atoms with Crippen molar-refractivity contribution in [3.8, 4) is 22.6 Å². The molecule has 1 amide bonds. The van der Waals surface area contributed by atoms with E-state index in [4.69, 9.17) is 20.2 Å². The predicted octanol–water partition coefficient (Wildman–Crippen LogP) is 4.58. The molecule has 0 radical (unpaired) electrons. The second-order valence-corrected chi connectivity index (χ2v) is 9.95. The predicted molar refractivity (Wildman–Crippen MR) is 139 cm³/mol. The Morgan fingerprint density at radius 3 is 2.57 bits per heavy atom. The normalized spacial score (nSPS) is 15.3. The molecule has 2 aromatic heterocycles. The number of benzene rings is 2. The second-order valence-electron chi connectivity index (χ2n) is 8.91. The molecule has 0 aliphatic carbocycles. The number of hydrogen-bond acceptors (Lipinski definition) is 6. The Morgan fingerprint density at radius 2 is 1.86 bits per heavy atom. The number of amides is 1. The van der Waals surface area contributed by atoms with Gasteiger partial charge in [0, 0.05) is 30.3 Å². The molecule has 8 heteroatoms. The number of aromatic nitrogens is 2. The van der Waals surface area contributed by atoms with Gasteiger partial charge >= 0.3 is 0 Å². The van der Waals surface area contributed by atoms with Gasteiger partial charge in [-0.2, -0.15) is 0 Å². The van der Waals surface area contributed by atoms with E-state index in [2.05, 4.69) is 17.1 Å². The van der Waals surface area contributed by atoms with Crippen molar-refractivity contribution in [3.63, 3.8) is 0 Å². The van der Waals surface area contributed by atoms with Crippen LogP contribution in [0.5, 0.6) is 11.5 Å². The molecule has 3 heterocycles. The largest absolute Gasteiger partial charge is 0.493 e. The summed E-state index contributed by atoms with van der Waals surface area (Å²) in [4.78, 5) is 24.3. The number of rotatable bonds is 7. The Bertz CT molecular complexity index is 1310. The molecule has 1 fully saturated rings. The van der Waals surface area contributed by atoms with Crippen LogP contribution in [-0.2, 0) is 11.2 Å². The number of nitrogens with zero attached hydrogens (tertiary/aromatic N) is 2. The molecule has 0 saturated carbocycles. The van der Waals surface area contributed by atoms with Gasteiger partial charge in [0.25, 0.3) is 0 Å². The zero-order chi connectivity index (χ0) is 24.4. The van der Waals surface area contributed by atoms with Gasteiger partial charge in [-0.25, -0.2) is 4.98 Å². The minimum Gasteiger partial charge on any atom is -0.493 e. The third-order valence-electron chi connectivity index (χ3n) is 6.73. The van der Waals surface area contributed by atoms with Gasteiger partial charge in [0.2, 0.25) is 5.91 Å². The lowest BCUT2D eigenvalue weighted by atomic mass is 9.95. The quantitative estimate of drug-likeness (QED) is 0.395.